The summed E-state index contributed by atoms with van der Waals surface area (Å²) in [5.74, 6) is -0.660. The van der Waals surface area contributed by atoms with Gasteiger partial charge in [0.25, 0.3) is 5.91 Å². The van der Waals surface area contributed by atoms with E-state index in [0.29, 0.717) is 15.6 Å². The Morgan fingerprint density at radius 1 is 1.12 bits per heavy atom. The predicted octanol–water partition coefficient (Wildman–Crippen LogP) is 5.88. The van der Waals surface area contributed by atoms with Crippen LogP contribution in [0.15, 0.2) is 71.7 Å². The van der Waals surface area contributed by atoms with Crippen molar-refractivity contribution in [2.75, 3.05) is 11.9 Å². The summed E-state index contributed by atoms with van der Waals surface area (Å²) in [4.78, 5) is 26.6. The summed E-state index contributed by atoms with van der Waals surface area (Å²) in [5.41, 5.74) is 0.246. The first-order chi connectivity index (χ1) is 15.2. The number of carbonyl (C=O) groups excluding carboxylic acids is 2. The maximum atomic E-state index is 12.8. The maximum Gasteiger partial charge on any atom is 0.416 e. The normalized spacial score (nSPS) is 15.7. The van der Waals surface area contributed by atoms with Crippen molar-refractivity contribution < 1.29 is 22.8 Å². The molecule has 2 aromatic carbocycles. The second-order valence-electron chi connectivity index (χ2n) is 6.86. The number of thiocarbonyl (C=S) groups is 1. The Kier molecular flexibility index (Phi) is 7.87. The van der Waals surface area contributed by atoms with Gasteiger partial charge in [0.2, 0.25) is 5.91 Å². The minimum atomic E-state index is -4.48. The van der Waals surface area contributed by atoms with Crippen molar-refractivity contribution in [1.82, 2.24) is 4.90 Å². The van der Waals surface area contributed by atoms with Crippen LogP contribution in [0.4, 0.5) is 18.9 Å². The molecule has 0 unspecified atom stereocenters. The lowest BCUT2D eigenvalue weighted by atomic mass is 10.2. The smallest absolute Gasteiger partial charge is 0.326 e. The van der Waals surface area contributed by atoms with Crippen molar-refractivity contribution in [3.63, 3.8) is 0 Å². The molecule has 0 radical (unpaired) electrons. The van der Waals surface area contributed by atoms with Crippen LogP contribution < -0.4 is 5.32 Å². The zero-order valence-corrected chi connectivity index (χ0v) is 18.4. The molecular weight excluding hydrogens is 457 g/mol. The van der Waals surface area contributed by atoms with Crippen molar-refractivity contribution in [3.05, 3.63) is 82.8 Å². The number of anilines is 1. The Hall–Kier alpha value is -2.91. The van der Waals surface area contributed by atoms with Gasteiger partial charge in [-0.2, -0.15) is 13.2 Å². The van der Waals surface area contributed by atoms with Crippen LogP contribution in [0.5, 0.6) is 0 Å². The van der Waals surface area contributed by atoms with E-state index in [9.17, 15) is 22.8 Å². The molecule has 0 bridgehead atoms. The van der Waals surface area contributed by atoms with Gasteiger partial charge in [-0.3, -0.25) is 14.5 Å². The van der Waals surface area contributed by atoms with Crippen LogP contribution in [0.25, 0.3) is 6.08 Å². The van der Waals surface area contributed by atoms with E-state index in [2.05, 4.69) is 5.32 Å². The number of thioether (sulfide) groups is 1. The third-order valence-corrected chi connectivity index (χ3v) is 5.86. The van der Waals surface area contributed by atoms with Crippen LogP contribution in [-0.4, -0.2) is 27.6 Å². The highest BCUT2D eigenvalue weighted by Crippen LogP contribution is 2.32. The topological polar surface area (TPSA) is 49.4 Å². The van der Waals surface area contributed by atoms with Gasteiger partial charge >= 0.3 is 6.18 Å². The Bertz CT molecular complexity index is 1070. The van der Waals surface area contributed by atoms with Gasteiger partial charge in [-0.15, -0.1) is 0 Å². The summed E-state index contributed by atoms with van der Waals surface area (Å²) in [6, 6.07) is 14.1. The summed E-state index contributed by atoms with van der Waals surface area (Å²) in [7, 11) is 0. The van der Waals surface area contributed by atoms with Crippen molar-refractivity contribution in [2.45, 2.75) is 19.0 Å². The Morgan fingerprint density at radius 2 is 1.88 bits per heavy atom. The molecule has 3 rings (SSSR count). The highest BCUT2D eigenvalue weighted by atomic mass is 32.2. The van der Waals surface area contributed by atoms with E-state index in [1.165, 1.54) is 28.8 Å². The molecule has 1 aliphatic heterocycles. The van der Waals surface area contributed by atoms with E-state index >= 15 is 0 Å². The lowest BCUT2D eigenvalue weighted by Gasteiger charge is -2.14. The van der Waals surface area contributed by atoms with Gasteiger partial charge in [-0.05, 0) is 36.3 Å². The van der Waals surface area contributed by atoms with Crippen molar-refractivity contribution >= 4 is 51.9 Å². The standard InChI is InChI=1S/C23H19F3N2O2S2/c24-23(25,26)17-10-5-11-18(15-17)27-20(29)13-6-14-28-21(30)19(32-22(28)31)12-4-9-16-7-2-1-3-8-16/h1-5,7-12,15H,6,13-14H2,(H,27,29)/b9-4+,19-12-. The van der Waals surface area contributed by atoms with E-state index in [0.717, 1.165) is 17.7 Å². The number of halogens is 3. The van der Waals surface area contributed by atoms with E-state index in [1.807, 2.05) is 36.4 Å². The van der Waals surface area contributed by atoms with Gasteiger partial charge in [-0.1, -0.05) is 72.5 Å². The summed E-state index contributed by atoms with van der Waals surface area (Å²) in [5, 5.41) is 2.45. The molecule has 2 amide bonds. The minimum Gasteiger partial charge on any atom is -0.326 e. The predicted molar refractivity (Wildman–Crippen MR) is 125 cm³/mol. The molecule has 0 spiro atoms. The Labute approximate surface area is 193 Å². The Morgan fingerprint density at radius 3 is 2.59 bits per heavy atom. The fraction of sp³-hybridized carbons (Fsp3) is 0.174. The molecule has 0 aromatic heterocycles. The van der Waals surface area contributed by atoms with Crippen molar-refractivity contribution in [2.24, 2.45) is 0 Å². The molecule has 1 heterocycles. The first-order valence-corrected chi connectivity index (χ1v) is 10.9. The molecule has 1 saturated heterocycles. The van der Waals surface area contributed by atoms with Crippen LogP contribution in [0.1, 0.15) is 24.0 Å². The van der Waals surface area contributed by atoms with Crippen molar-refractivity contribution in [1.29, 1.82) is 0 Å². The molecular formula is C23H19F3N2O2S2. The van der Waals surface area contributed by atoms with Gasteiger partial charge in [0, 0.05) is 18.7 Å². The molecule has 9 heteroatoms. The monoisotopic (exact) mass is 476 g/mol. The highest BCUT2D eigenvalue weighted by molar-refractivity contribution is 8.26. The zero-order valence-electron chi connectivity index (χ0n) is 16.8. The molecule has 1 fully saturated rings. The molecule has 1 aliphatic rings. The quantitative estimate of drug-likeness (QED) is 0.400. The third kappa shape index (κ3) is 6.54. The van der Waals surface area contributed by atoms with Crippen molar-refractivity contribution in [3.8, 4) is 0 Å². The molecule has 0 aliphatic carbocycles. The second kappa shape index (κ2) is 10.6. The number of carbonyl (C=O) groups is 2. The number of rotatable bonds is 7. The fourth-order valence-electron chi connectivity index (χ4n) is 2.91. The van der Waals surface area contributed by atoms with Gasteiger partial charge in [0.1, 0.15) is 4.32 Å². The molecule has 2 aromatic rings. The molecule has 1 N–H and O–H groups in total. The average Bonchev–Trinajstić information content (AvgIpc) is 3.01. The van der Waals surface area contributed by atoms with E-state index in [4.69, 9.17) is 12.2 Å². The van der Waals surface area contributed by atoms with Crippen LogP contribution >= 0.6 is 24.0 Å². The highest BCUT2D eigenvalue weighted by Gasteiger charge is 2.32. The van der Waals surface area contributed by atoms with Gasteiger partial charge in [0.15, 0.2) is 0 Å². The van der Waals surface area contributed by atoms with Crippen LogP contribution in [0.2, 0.25) is 0 Å². The number of hydrogen-bond acceptors (Lipinski definition) is 4. The SMILES string of the molecule is O=C(CCCN1C(=O)/C(=C/C=C/c2ccccc2)SC1=S)Nc1cccc(C(F)(F)F)c1. The molecule has 0 saturated carbocycles. The molecule has 0 atom stereocenters. The van der Waals surface area contributed by atoms with Crippen LogP contribution in [-0.2, 0) is 15.8 Å². The number of hydrogen-bond donors (Lipinski definition) is 1. The number of nitrogens with one attached hydrogen (secondary N) is 1. The van der Waals surface area contributed by atoms with Crippen LogP contribution in [0.3, 0.4) is 0 Å². The summed E-state index contributed by atoms with van der Waals surface area (Å²) >= 11 is 6.46. The summed E-state index contributed by atoms with van der Waals surface area (Å²) in [6.07, 6.45) is 1.25. The van der Waals surface area contributed by atoms with Crippen LogP contribution in [0, 0.1) is 0 Å². The molecule has 32 heavy (non-hydrogen) atoms. The largest absolute Gasteiger partial charge is 0.416 e. The first-order valence-electron chi connectivity index (χ1n) is 9.68. The average molecular weight is 477 g/mol. The van der Waals surface area contributed by atoms with Gasteiger partial charge in [0.05, 0.1) is 10.5 Å². The summed E-state index contributed by atoms with van der Waals surface area (Å²) < 4.78 is 38.7. The lowest BCUT2D eigenvalue weighted by Crippen LogP contribution is -2.29. The van der Waals surface area contributed by atoms with E-state index < -0.39 is 17.6 Å². The number of alkyl halides is 3. The molecule has 166 valence electrons. The zero-order chi connectivity index (χ0) is 23.1. The van der Waals surface area contributed by atoms with E-state index in [-0.39, 0.29) is 24.6 Å². The number of nitrogens with zero attached hydrogens (tertiary/aromatic N) is 1. The lowest BCUT2D eigenvalue weighted by molar-refractivity contribution is -0.137. The second-order valence-corrected chi connectivity index (χ2v) is 8.53. The number of allylic oxidation sites excluding steroid dienone is 2. The number of benzene rings is 2. The number of amides is 2. The van der Waals surface area contributed by atoms with Gasteiger partial charge < -0.3 is 5.32 Å². The molecule has 4 nitrogen and oxygen atoms in total. The maximum absolute atomic E-state index is 12.8. The first kappa shape index (κ1) is 23.7. The fourth-order valence-corrected chi connectivity index (χ4v) is 4.17. The van der Waals surface area contributed by atoms with E-state index in [1.54, 1.807) is 12.2 Å². The minimum absolute atomic E-state index is 0.0419. The summed E-state index contributed by atoms with van der Waals surface area (Å²) in [6.45, 7) is 0.250. The Balaban J connectivity index is 1.50. The third-order valence-electron chi connectivity index (χ3n) is 4.47. The van der Waals surface area contributed by atoms with Gasteiger partial charge in [-0.25, -0.2) is 0 Å².